The van der Waals surface area contributed by atoms with E-state index in [4.69, 9.17) is 9.47 Å². The normalized spacial score (nSPS) is 10.0. The maximum Gasteiger partial charge on any atom is 0.224 e. The van der Waals surface area contributed by atoms with Crippen molar-refractivity contribution in [2.75, 3.05) is 31.9 Å². The van der Waals surface area contributed by atoms with E-state index in [-0.39, 0.29) is 0 Å². The fraction of sp³-hybridized carbons (Fsp3) is 0.286. The van der Waals surface area contributed by atoms with Crippen LogP contribution in [0.3, 0.4) is 0 Å². The number of rotatable bonds is 5. The van der Waals surface area contributed by atoms with Crippen LogP contribution < -0.4 is 20.1 Å². The number of aromatic nitrogens is 2. The van der Waals surface area contributed by atoms with E-state index in [2.05, 4.69) is 20.6 Å². The van der Waals surface area contributed by atoms with Gasteiger partial charge in [0.05, 0.1) is 19.9 Å². The lowest BCUT2D eigenvalue weighted by Crippen LogP contribution is -2.03. The van der Waals surface area contributed by atoms with Gasteiger partial charge in [0.25, 0.3) is 0 Å². The number of aryl methyl sites for hydroxylation is 1. The average Bonchev–Trinajstić information content (AvgIpc) is 2.49. The summed E-state index contributed by atoms with van der Waals surface area (Å²) < 4.78 is 10.6. The molecule has 6 nitrogen and oxygen atoms in total. The van der Waals surface area contributed by atoms with Gasteiger partial charge in [0.1, 0.15) is 17.3 Å². The molecule has 1 aromatic carbocycles. The van der Waals surface area contributed by atoms with Gasteiger partial charge in [0.15, 0.2) is 0 Å². The van der Waals surface area contributed by atoms with Gasteiger partial charge >= 0.3 is 0 Å². The van der Waals surface area contributed by atoms with Gasteiger partial charge in [-0.3, -0.25) is 0 Å². The van der Waals surface area contributed by atoms with Crippen molar-refractivity contribution < 1.29 is 9.47 Å². The van der Waals surface area contributed by atoms with Crippen molar-refractivity contribution in [1.29, 1.82) is 0 Å². The second-order valence-corrected chi connectivity index (χ2v) is 4.17. The van der Waals surface area contributed by atoms with Crippen LogP contribution in [0.1, 0.15) is 5.56 Å². The predicted molar refractivity (Wildman–Crippen MR) is 79.1 cm³/mol. The lowest BCUT2D eigenvalue weighted by atomic mass is 10.2. The van der Waals surface area contributed by atoms with Crippen molar-refractivity contribution in [3.8, 4) is 11.5 Å². The molecule has 6 heteroatoms. The van der Waals surface area contributed by atoms with Crippen molar-refractivity contribution in [3.05, 3.63) is 30.0 Å². The minimum absolute atomic E-state index is 0.556. The molecule has 0 aliphatic carbocycles. The van der Waals surface area contributed by atoms with E-state index in [9.17, 15) is 0 Å². The van der Waals surface area contributed by atoms with Crippen LogP contribution in [0.25, 0.3) is 0 Å². The lowest BCUT2D eigenvalue weighted by Gasteiger charge is -2.14. The van der Waals surface area contributed by atoms with Crippen LogP contribution in [0.4, 0.5) is 17.5 Å². The first-order chi connectivity index (χ1) is 9.67. The van der Waals surface area contributed by atoms with Crippen molar-refractivity contribution in [1.82, 2.24) is 9.97 Å². The Hall–Kier alpha value is -2.50. The summed E-state index contributed by atoms with van der Waals surface area (Å²) in [4.78, 5) is 8.54. The lowest BCUT2D eigenvalue weighted by molar-refractivity contribution is 0.405. The number of nitrogens with one attached hydrogen (secondary N) is 2. The number of hydrogen-bond acceptors (Lipinski definition) is 6. The SMILES string of the molecule is CNc1ncc(C)c(Nc2cc(OC)ccc2OC)n1. The molecule has 0 amide bonds. The molecule has 2 aromatic rings. The Kier molecular flexibility index (Phi) is 4.24. The minimum Gasteiger partial charge on any atom is -0.497 e. The number of ether oxygens (including phenoxy) is 2. The van der Waals surface area contributed by atoms with Crippen LogP contribution in [-0.4, -0.2) is 31.2 Å². The Morgan fingerprint density at radius 1 is 1.15 bits per heavy atom. The van der Waals surface area contributed by atoms with Crippen molar-refractivity contribution in [2.45, 2.75) is 6.92 Å². The number of anilines is 3. The summed E-state index contributed by atoms with van der Waals surface area (Å²) in [6.45, 7) is 1.94. The average molecular weight is 274 g/mol. The fourth-order valence-corrected chi connectivity index (χ4v) is 1.73. The first-order valence-electron chi connectivity index (χ1n) is 6.18. The topological polar surface area (TPSA) is 68.3 Å². The number of benzene rings is 1. The zero-order valence-electron chi connectivity index (χ0n) is 12.0. The summed E-state index contributed by atoms with van der Waals surface area (Å²) in [6.07, 6.45) is 1.76. The van der Waals surface area contributed by atoms with E-state index in [0.717, 1.165) is 28.6 Å². The summed E-state index contributed by atoms with van der Waals surface area (Å²) >= 11 is 0. The number of methoxy groups -OCH3 is 2. The Labute approximate surface area is 118 Å². The standard InChI is InChI=1S/C14H18N4O2/c1-9-8-16-14(15-2)18-13(9)17-11-7-10(19-3)5-6-12(11)20-4/h5-8H,1-4H3,(H2,15,16,17,18). The third kappa shape index (κ3) is 2.90. The molecular formula is C14H18N4O2. The van der Waals surface area contributed by atoms with E-state index < -0.39 is 0 Å². The summed E-state index contributed by atoms with van der Waals surface area (Å²) in [5.41, 5.74) is 1.73. The van der Waals surface area contributed by atoms with Crippen molar-refractivity contribution >= 4 is 17.5 Å². The first kappa shape index (κ1) is 13.9. The van der Waals surface area contributed by atoms with Gasteiger partial charge in [-0.2, -0.15) is 4.98 Å². The molecule has 0 fully saturated rings. The zero-order valence-corrected chi connectivity index (χ0v) is 12.0. The summed E-state index contributed by atoms with van der Waals surface area (Å²) in [7, 11) is 5.03. The van der Waals surface area contributed by atoms with Crippen LogP contribution in [0, 0.1) is 6.92 Å². The molecule has 0 radical (unpaired) electrons. The quantitative estimate of drug-likeness (QED) is 0.873. The number of hydrogen-bond donors (Lipinski definition) is 2. The molecule has 0 saturated carbocycles. The molecule has 1 aromatic heterocycles. The molecule has 0 atom stereocenters. The molecule has 0 aliphatic rings. The highest BCUT2D eigenvalue weighted by Gasteiger charge is 2.09. The maximum absolute atomic E-state index is 5.34. The van der Waals surface area contributed by atoms with E-state index in [1.165, 1.54) is 0 Å². The van der Waals surface area contributed by atoms with Crippen LogP contribution >= 0.6 is 0 Å². The molecule has 106 valence electrons. The second-order valence-electron chi connectivity index (χ2n) is 4.17. The molecule has 2 N–H and O–H groups in total. The maximum atomic E-state index is 5.34. The van der Waals surface area contributed by atoms with Crippen LogP contribution in [0.2, 0.25) is 0 Å². The molecule has 20 heavy (non-hydrogen) atoms. The van der Waals surface area contributed by atoms with Gasteiger partial charge in [-0.15, -0.1) is 0 Å². The number of nitrogens with zero attached hydrogens (tertiary/aromatic N) is 2. The molecule has 0 saturated heterocycles. The zero-order chi connectivity index (χ0) is 14.5. The largest absolute Gasteiger partial charge is 0.497 e. The molecule has 0 spiro atoms. The highest BCUT2D eigenvalue weighted by Crippen LogP contribution is 2.31. The molecule has 0 unspecified atom stereocenters. The third-order valence-corrected chi connectivity index (χ3v) is 2.86. The highest BCUT2D eigenvalue weighted by molar-refractivity contribution is 5.68. The summed E-state index contributed by atoms with van der Waals surface area (Å²) in [5.74, 6) is 2.74. The van der Waals surface area contributed by atoms with Gasteiger partial charge in [-0.05, 0) is 19.1 Å². The van der Waals surface area contributed by atoms with E-state index >= 15 is 0 Å². The summed E-state index contributed by atoms with van der Waals surface area (Å²) in [5, 5.41) is 6.16. The molecule has 0 aliphatic heterocycles. The Bertz CT molecular complexity index is 602. The summed E-state index contributed by atoms with van der Waals surface area (Å²) in [6, 6.07) is 5.55. The molecular weight excluding hydrogens is 256 g/mol. The monoisotopic (exact) mass is 274 g/mol. The van der Waals surface area contributed by atoms with Gasteiger partial charge < -0.3 is 20.1 Å². The third-order valence-electron chi connectivity index (χ3n) is 2.86. The molecule has 0 bridgehead atoms. The molecule has 2 rings (SSSR count). The van der Waals surface area contributed by atoms with E-state index in [1.807, 2.05) is 25.1 Å². The predicted octanol–water partition coefficient (Wildman–Crippen LogP) is 2.59. The van der Waals surface area contributed by atoms with Gasteiger partial charge in [0, 0.05) is 24.9 Å². The van der Waals surface area contributed by atoms with Crippen molar-refractivity contribution in [2.24, 2.45) is 0 Å². The highest BCUT2D eigenvalue weighted by atomic mass is 16.5. The smallest absolute Gasteiger partial charge is 0.224 e. The van der Waals surface area contributed by atoms with Gasteiger partial charge in [-0.25, -0.2) is 4.98 Å². The van der Waals surface area contributed by atoms with Crippen LogP contribution in [0.15, 0.2) is 24.4 Å². The second kappa shape index (κ2) is 6.10. The van der Waals surface area contributed by atoms with Crippen molar-refractivity contribution in [3.63, 3.8) is 0 Å². The fourth-order valence-electron chi connectivity index (χ4n) is 1.73. The van der Waals surface area contributed by atoms with Crippen LogP contribution in [0.5, 0.6) is 11.5 Å². The molecule has 1 heterocycles. The Morgan fingerprint density at radius 3 is 2.60 bits per heavy atom. The van der Waals surface area contributed by atoms with Gasteiger partial charge in [-0.1, -0.05) is 0 Å². The van der Waals surface area contributed by atoms with Gasteiger partial charge in [0.2, 0.25) is 5.95 Å². The first-order valence-corrected chi connectivity index (χ1v) is 6.18. The Balaban J connectivity index is 2.38. The van der Waals surface area contributed by atoms with E-state index in [0.29, 0.717) is 5.95 Å². The minimum atomic E-state index is 0.556. The van der Waals surface area contributed by atoms with E-state index in [1.54, 1.807) is 27.5 Å². The van der Waals surface area contributed by atoms with Crippen LogP contribution in [-0.2, 0) is 0 Å². The Morgan fingerprint density at radius 2 is 1.95 bits per heavy atom.